The van der Waals surface area contributed by atoms with Crippen molar-refractivity contribution in [3.63, 3.8) is 0 Å². The molecule has 192 valence electrons. The molecule has 2 aliphatic rings. The Morgan fingerprint density at radius 2 is 1.76 bits per heavy atom. The molecule has 1 aromatic heterocycles. The van der Waals surface area contributed by atoms with Crippen molar-refractivity contribution in [2.45, 2.75) is 24.4 Å². The number of nitrogens with zero attached hydrogens (tertiary/aromatic N) is 2. The summed E-state index contributed by atoms with van der Waals surface area (Å²) >= 11 is 0. The number of furan rings is 1. The van der Waals surface area contributed by atoms with E-state index < -0.39 is 34.8 Å². The van der Waals surface area contributed by atoms with Crippen molar-refractivity contribution in [2.24, 2.45) is 5.92 Å². The van der Waals surface area contributed by atoms with Gasteiger partial charge in [-0.15, -0.1) is 0 Å². The predicted molar refractivity (Wildman–Crippen MR) is 131 cm³/mol. The van der Waals surface area contributed by atoms with Crippen LogP contribution in [0.5, 0.6) is 11.5 Å². The molecule has 3 heterocycles. The van der Waals surface area contributed by atoms with Crippen molar-refractivity contribution < 1.29 is 33.1 Å². The first-order valence-corrected chi connectivity index (χ1v) is 11.8. The predicted octanol–water partition coefficient (Wildman–Crippen LogP) is 3.94. The largest absolute Gasteiger partial charge is 0.493 e. The molecule has 10 heteroatoms. The maximum absolute atomic E-state index is 14.2. The minimum absolute atomic E-state index is 0.112. The highest BCUT2D eigenvalue weighted by atomic mass is 16.6. The number of hydrogen-bond acceptors (Lipinski definition) is 9. The van der Waals surface area contributed by atoms with E-state index in [2.05, 4.69) is 0 Å². The summed E-state index contributed by atoms with van der Waals surface area (Å²) in [4.78, 5) is 40.0. The van der Waals surface area contributed by atoms with Gasteiger partial charge in [-0.2, -0.15) is 0 Å². The monoisotopic (exact) mass is 506 g/mol. The topological polar surface area (TPSA) is 121 Å². The fourth-order valence-corrected chi connectivity index (χ4v) is 5.77. The lowest BCUT2D eigenvalue weighted by molar-refractivity contribution is -0.384. The zero-order valence-corrected chi connectivity index (χ0v) is 20.6. The standard InChI is InChI=1S/C27H26N2O8/c1-34-20-13-16-10-11-28-24(18(16)14-21(20)35-2)23(26(30)15-6-8-17(9-7-15)29(32)33)22(19-5-4-12-37-19)25(28)27(31)36-3/h4-9,12-14,22-25H,10-11H2,1-3H3/t22-,23-,24-,25+/m1/s1. The van der Waals surface area contributed by atoms with E-state index in [1.54, 1.807) is 26.4 Å². The van der Waals surface area contributed by atoms with Crippen LogP contribution in [-0.4, -0.2) is 55.5 Å². The maximum atomic E-state index is 14.2. The summed E-state index contributed by atoms with van der Waals surface area (Å²) in [5, 5.41) is 11.2. The molecular formula is C27H26N2O8. The molecule has 0 bridgehead atoms. The Hall–Kier alpha value is -4.18. The number of fused-ring (bicyclic) bond motifs is 3. The summed E-state index contributed by atoms with van der Waals surface area (Å²) in [5.41, 5.74) is 2.04. The van der Waals surface area contributed by atoms with Gasteiger partial charge in [0.1, 0.15) is 11.8 Å². The summed E-state index contributed by atoms with van der Waals surface area (Å²) in [6.07, 6.45) is 2.14. The lowest BCUT2D eigenvalue weighted by Gasteiger charge is -2.36. The zero-order chi connectivity index (χ0) is 26.3. The molecule has 2 aliphatic heterocycles. The lowest BCUT2D eigenvalue weighted by Crippen LogP contribution is -2.43. The highest BCUT2D eigenvalue weighted by Crippen LogP contribution is 2.54. The number of nitro groups is 1. The Labute approximate surface area is 212 Å². The van der Waals surface area contributed by atoms with E-state index in [0.29, 0.717) is 35.8 Å². The third-order valence-corrected chi connectivity index (χ3v) is 7.36. The molecule has 1 saturated heterocycles. The van der Waals surface area contributed by atoms with Gasteiger partial charge in [-0.3, -0.25) is 24.6 Å². The number of ketones is 1. The van der Waals surface area contributed by atoms with E-state index in [0.717, 1.165) is 11.1 Å². The molecular weight excluding hydrogens is 480 g/mol. The summed E-state index contributed by atoms with van der Waals surface area (Å²) in [5.74, 6) is -0.511. The van der Waals surface area contributed by atoms with Crippen molar-refractivity contribution in [3.8, 4) is 11.5 Å². The molecule has 0 saturated carbocycles. The van der Waals surface area contributed by atoms with Gasteiger partial charge in [0, 0.05) is 30.3 Å². The van der Waals surface area contributed by atoms with E-state index >= 15 is 0 Å². The highest BCUT2D eigenvalue weighted by Gasteiger charge is 2.58. The molecule has 0 radical (unpaired) electrons. The van der Waals surface area contributed by atoms with Crippen molar-refractivity contribution >= 4 is 17.4 Å². The number of carbonyl (C=O) groups excluding carboxylic acids is 2. The number of hydrogen-bond donors (Lipinski definition) is 0. The normalized spacial score (nSPS) is 22.6. The molecule has 10 nitrogen and oxygen atoms in total. The number of benzene rings is 2. The average molecular weight is 507 g/mol. The van der Waals surface area contributed by atoms with Crippen molar-refractivity contribution in [2.75, 3.05) is 27.9 Å². The lowest BCUT2D eigenvalue weighted by atomic mass is 9.77. The van der Waals surface area contributed by atoms with Gasteiger partial charge in [0.05, 0.1) is 44.4 Å². The SMILES string of the molecule is COC(=O)[C@@H]1[C@H](c2ccco2)[C@@H](C(=O)c2ccc([N+](=O)[O-])cc2)[C@H]2c3cc(OC)c(OC)cc3CCN12. The zero-order valence-electron chi connectivity index (χ0n) is 20.6. The Morgan fingerprint density at radius 1 is 1.05 bits per heavy atom. The highest BCUT2D eigenvalue weighted by molar-refractivity contribution is 6.00. The van der Waals surface area contributed by atoms with E-state index in [9.17, 15) is 19.7 Å². The first-order valence-electron chi connectivity index (χ1n) is 11.8. The van der Waals surface area contributed by atoms with Gasteiger partial charge in [-0.05, 0) is 53.9 Å². The Kier molecular flexibility index (Phi) is 6.43. The number of ether oxygens (including phenoxy) is 3. The number of rotatable bonds is 7. The van der Waals surface area contributed by atoms with E-state index in [-0.39, 0.29) is 11.5 Å². The molecule has 0 unspecified atom stereocenters. The molecule has 5 rings (SSSR count). The van der Waals surface area contributed by atoms with E-state index in [1.807, 2.05) is 17.0 Å². The molecule has 0 spiro atoms. The number of non-ortho nitro benzene ring substituents is 1. The molecule has 1 fully saturated rings. The molecule has 0 N–H and O–H groups in total. The third kappa shape index (κ3) is 4.03. The number of nitro benzene ring substituents is 1. The number of esters is 1. The quantitative estimate of drug-likeness (QED) is 0.203. The van der Waals surface area contributed by atoms with Gasteiger partial charge < -0.3 is 18.6 Å². The minimum atomic E-state index is -0.769. The molecule has 4 atom stereocenters. The second-order valence-corrected chi connectivity index (χ2v) is 9.04. The van der Waals surface area contributed by atoms with Crippen LogP contribution in [0.3, 0.4) is 0 Å². The van der Waals surface area contributed by atoms with Crippen LogP contribution in [0.4, 0.5) is 5.69 Å². The molecule has 0 aliphatic carbocycles. The van der Waals surface area contributed by atoms with Crippen LogP contribution in [-0.2, 0) is 16.0 Å². The number of carbonyl (C=O) groups is 2. The van der Waals surface area contributed by atoms with Gasteiger partial charge in [0.2, 0.25) is 0 Å². The van der Waals surface area contributed by atoms with Gasteiger partial charge in [0.15, 0.2) is 17.3 Å². The Balaban J connectivity index is 1.70. The van der Waals surface area contributed by atoms with E-state index in [4.69, 9.17) is 18.6 Å². The van der Waals surface area contributed by atoms with Crippen LogP contribution in [0.15, 0.2) is 59.2 Å². The minimum Gasteiger partial charge on any atom is -0.493 e. The fraction of sp³-hybridized carbons (Fsp3) is 0.333. The maximum Gasteiger partial charge on any atom is 0.323 e. The second-order valence-electron chi connectivity index (χ2n) is 9.04. The van der Waals surface area contributed by atoms with Gasteiger partial charge in [-0.1, -0.05) is 0 Å². The molecule has 2 aromatic carbocycles. The van der Waals surface area contributed by atoms with Crippen molar-refractivity contribution in [3.05, 3.63) is 87.4 Å². The first kappa shape index (κ1) is 24.5. The summed E-state index contributed by atoms with van der Waals surface area (Å²) < 4.78 is 22.0. The number of methoxy groups -OCH3 is 3. The van der Waals surface area contributed by atoms with Crippen molar-refractivity contribution in [1.29, 1.82) is 0 Å². The summed E-state index contributed by atoms with van der Waals surface area (Å²) in [6, 6.07) is 11.5. The van der Waals surface area contributed by atoms with Crippen LogP contribution in [0.2, 0.25) is 0 Å². The smallest absolute Gasteiger partial charge is 0.323 e. The van der Waals surface area contributed by atoms with Gasteiger partial charge in [-0.25, -0.2) is 0 Å². The second kappa shape index (κ2) is 9.70. The molecule has 37 heavy (non-hydrogen) atoms. The van der Waals surface area contributed by atoms with Gasteiger partial charge in [0.25, 0.3) is 5.69 Å². The molecule has 0 amide bonds. The third-order valence-electron chi connectivity index (χ3n) is 7.36. The summed E-state index contributed by atoms with van der Waals surface area (Å²) in [6.45, 7) is 0.508. The van der Waals surface area contributed by atoms with Crippen LogP contribution in [0.1, 0.15) is 39.2 Å². The van der Waals surface area contributed by atoms with Gasteiger partial charge >= 0.3 is 5.97 Å². The molecule has 3 aromatic rings. The van der Waals surface area contributed by atoms with Crippen LogP contribution in [0, 0.1) is 16.0 Å². The van der Waals surface area contributed by atoms with Crippen LogP contribution in [0.25, 0.3) is 0 Å². The Bertz CT molecular complexity index is 1340. The fourth-order valence-electron chi connectivity index (χ4n) is 5.77. The Morgan fingerprint density at radius 3 is 2.35 bits per heavy atom. The van der Waals surface area contributed by atoms with Crippen molar-refractivity contribution in [1.82, 2.24) is 4.90 Å². The first-order chi connectivity index (χ1) is 17.9. The van der Waals surface area contributed by atoms with Crippen LogP contribution >= 0.6 is 0 Å². The van der Waals surface area contributed by atoms with E-state index in [1.165, 1.54) is 37.6 Å². The number of Topliss-reactive ketones (excluding diaryl/α,β-unsaturated/α-hetero) is 1. The van der Waals surface area contributed by atoms with Crippen LogP contribution < -0.4 is 9.47 Å². The average Bonchev–Trinajstić information content (AvgIpc) is 3.57. The summed E-state index contributed by atoms with van der Waals surface area (Å²) in [7, 11) is 4.44.